The quantitative estimate of drug-likeness (QED) is 0.0121. The lowest BCUT2D eigenvalue weighted by atomic mass is 10.1. The average Bonchev–Trinajstić information content (AvgIpc) is 3.29. The zero-order valence-electron chi connectivity index (χ0n) is 39.1. The summed E-state index contributed by atoms with van der Waals surface area (Å²) in [6, 6.07) is -10.1. The van der Waals surface area contributed by atoms with Gasteiger partial charge in [-0.2, -0.15) is 12.6 Å². The molecule has 0 aromatic rings. The monoisotopic (exact) mass is 1030 g/mol. The second kappa shape index (κ2) is 33.9. The Hall–Kier alpha value is -7.55. The number of nitrogens with zero attached hydrogens (tertiary/aromatic N) is 2. The number of amides is 10. The number of nitrogens with one attached hydrogen (secondary N) is 9. The third-order valence-corrected chi connectivity index (χ3v) is 9.82. The number of aliphatic hydroxyl groups excluding tert-OH is 1. The molecular weight excluding hydrogens is 967 g/mol. The molecule has 0 saturated carbocycles. The number of aliphatic carboxylic acids is 2. The zero-order chi connectivity index (χ0) is 54.4. The van der Waals surface area contributed by atoms with Crippen LogP contribution in [0.4, 0.5) is 0 Å². The van der Waals surface area contributed by atoms with E-state index >= 15 is 0 Å². The first-order valence-electron chi connectivity index (χ1n) is 21.7. The van der Waals surface area contributed by atoms with Gasteiger partial charge >= 0.3 is 11.9 Å². The molecule has 0 aliphatic rings. The minimum absolute atomic E-state index is 0.0114. The number of aliphatic hydroxyl groups is 1. The number of rotatable bonds is 35. The molecule has 8 atom stereocenters. The number of carbonyl (C=O) groups is 12. The standard InChI is InChI=1S/C38H67N17O15S/c1-17(36(69)70)50-31(64)22(7-9-24(39)57)53-34(67)23(16-71)55-33(66)20(6-4-12-46-38(43)44)52-32(65)19(5-3-11-45-37(41)42)51-27(60)15-48-25(58)13-47-26(59)14-49-30(63)21(8-10-28(61)62)54-35(68)29(40)18(2)56/h17-23,29,56,71H,3-16,40H2,1-2H3,(H2,39,57)(H,47,59)(H,48,58)(H,49,63)(H,50,64)(H,51,60)(H,52,65)(H,53,67)(H,54,68)(H,55,66)(H,61,62)(H,69,70)(H4,41,42,45)(H4,43,44,46)/t17-,18+,19-,20-,21-,22-,23-,29-/m0/s1. The highest BCUT2D eigenvalue weighted by Gasteiger charge is 2.32. The first kappa shape index (κ1) is 63.4. The fraction of sp³-hybridized carbons (Fsp3) is 0.632. The van der Waals surface area contributed by atoms with Crippen LogP contribution in [0.5, 0.6) is 0 Å². The van der Waals surface area contributed by atoms with E-state index in [1.54, 1.807) is 0 Å². The van der Waals surface area contributed by atoms with Gasteiger partial charge in [0.15, 0.2) is 11.9 Å². The Bertz CT molecular complexity index is 1950. The first-order valence-corrected chi connectivity index (χ1v) is 22.3. The summed E-state index contributed by atoms with van der Waals surface area (Å²) in [6.07, 6.45) is -3.14. The molecule has 400 valence electrons. The van der Waals surface area contributed by atoms with Gasteiger partial charge < -0.3 is 97.6 Å². The number of guanidine groups is 2. The van der Waals surface area contributed by atoms with Crippen LogP contribution in [-0.4, -0.2) is 185 Å². The van der Waals surface area contributed by atoms with Crippen molar-refractivity contribution < 1.29 is 72.9 Å². The fourth-order valence-electron chi connectivity index (χ4n) is 5.53. The highest BCUT2D eigenvalue weighted by atomic mass is 32.1. The molecule has 0 unspecified atom stereocenters. The predicted octanol–water partition coefficient (Wildman–Crippen LogP) is -9.78. The highest BCUT2D eigenvalue weighted by molar-refractivity contribution is 7.80. The molecule has 0 aliphatic heterocycles. The minimum atomic E-state index is -1.49. The summed E-state index contributed by atoms with van der Waals surface area (Å²) in [5, 5.41) is 48.3. The van der Waals surface area contributed by atoms with Crippen LogP contribution in [0.2, 0.25) is 0 Å². The van der Waals surface area contributed by atoms with E-state index in [9.17, 15) is 67.7 Å². The van der Waals surface area contributed by atoms with Crippen LogP contribution in [0.1, 0.15) is 65.2 Å². The van der Waals surface area contributed by atoms with Crippen LogP contribution in [0.15, 0.2) is 9.98 Å². The van der Waals surface area contributed by atoms with E-state index in [1.165, 1.54) is 6.92 Å². The minimum Gasteiger partial charge on any atom is -0.481 e. The van der Waals surface area contributed by atoms with Gasteiger partial charge in [-0.05, 0) is 52.4 Å². The molecule has 0 radical (unpaired) electrons. The predicted molar refractivity (Wildman–Crippen MR) is 253 cm³/mol. The number of carboxylic acid groups (broad SMARTS) is 2. The Balaban J connectivity index is 5.97. The molecule has 0 aromatic carbocycles. The van der Waals surface area contributed by atoms with Crippen molar-refractivity contribution in [3.63, 3.8) is 0 Å². The smallest absolute Gasteiger partial charge is 0.325 e. The second-order valence-electron chi connectivity index (χ2n) is 15.5. The number of hydrogen-bond acceptors (Lipinski definition) is 17. The third kappa shape index (κ3) is 28.5. The van der Waals surface area contributed by atoms with Gasteiger partial charge in [0.05, 0.1) is 25.7 Å². The Morgan fingerprint density at radius 1 is 0.507 bits per heavy atom. The van der Waals surface area contributed by atoms with Gasteiger partial charge in [-0.3, -0.25) is 67.5 Å². The van der Waals surface area contributed by atoms with Gasteiger partial charge in [0.25, 0.3) is 0 Å². The van der Waals surface area contributed by atoms with Crippen LogP contribution < -0.4 is 82.3 Å². The van der Waals surface area contributed by atoms with Crippen LogP contribution in [-0.2, 0) is 57.5 Å². The van der Waals surface area contributed by atoms with E-state index in [1.807, 2.05) is 0 Å². The van der Waals surface area contributed by atoms with Gasteiger partial charge in [-0.25, -0.2) is 0 Å². The summed E-state index contributed by atoms with van der Waals surface area (Å²) in [7, 11) is 0. The maximum atomic E-state index is 13.8. The Kier molecular flexibility index (Phi) is 30.3. The van der Waals surface area contributed by atoms with E-state index in [0.29, 0.717) is 0 Å². The topological polar surface area (TPSA) is 555 Å². The molecule has 0 bridgehead atoms. The van der Waals surface area contributed by atoms with Crippen LogP contribution in [0.3, 0.4) is 0 Å². The third-order valence-electron chi connectivity index (χ3n) is 9.45. The molecule has 0 aromatic heterocycles. The van der Waals surface area contributed by atoms with Crippen molar-refractivity contribution in [1.82, 2.24) is 47.9 Å². The molecular formula is C38H67N17O15S. The summed E-state index contributed by atoms with van der Waals surface area (Å²) < 4.78 is 0. The van der Waals surface area contributed by atoms with Gasteiger partial charge in [0.1, 0.15) is 42.3 Å². The number of primary amides is 1. The lowest BCUT2D eigenvalue weighted by Crippen LogP contribution is -2.59. The largest absolute Gasteiger partial charge is 0.481 e. The maximum Gasteiger partial charge on any atom is 0.325 e. The van der Waals surface area contributed by atoms with Gasteiger partial charge in [-0.15, -0.1) is 0 Å². The molecule has 0 aliphatic carbocycles. The first-order chi connectivity index (χ1) is 33.2. The zero-order valence-corrected chi connectivity index (χ0v) is 40.0. The average molecular weight is 1030 g/mol. The van der Waals surface area contributed by atoms with Gasteiger partial charge in [0.2, 0.25) is 59.1 Å². The number of aliphatic imine (C=N–C) groups is 2. The van der Waals surface area contributed by atoms with E-state index in [2.05, 4.69) is 70.5 Å². The molecule has 10 amide bonds. The molecule has 24 N–H and O–H groups in total. The van der Waals surface area contributed by atoms with Crippen molar-refractivity contribution >= 4 is 95.6 Å². The van der Waals surface area contributed by atoms with Gasteiger partial charge in [0, 0.05) is 31.7 Å². The number of thiol groups is 1. The van der Waals surface area contributed by atoms with Crippen molar-refractivity contribution in [3.8, 4) is 0 Å². The Morgan fingerprint density at radius 3 is 1.35 bits per heavy atom. The van der Waals surface area contributed by atoms with Crippen LogP contribution in [0, 0.1) is 0 Å². The van der Waals surface area contributed by atoms with Crippen LogP contribution >= 0.6 is 12.6 Å². The normalized spacial score (nSPS) is 14.0. The number of carboxylic acids is 2. The van der Waals surface area contributed by atoms with Crippen molar-refractivity contribution in [3.05, 3.63) is 0 Å². The molecule has 0 spiro atoms. The number of carbonyl (C=O) groups excluding carboxylic acids is 10. The van der Waals surface area contributed by atoms with Gasteiger partial charge in [-0.1, -0.05) is 0 Å². The molecule has 0 rings (SSSR count). The van der Waals surface area contributed by atoms with E-state index < -0.39 is 158 Å². The van der Waals surface area contributed by atoms with E-state index in [4.69, 9.17) is 39.5 Å². The van der Waals surface area contributed by atoms with Crippen LogP contribution in [0.25, 0.3) is 0 Å². The second-order valence-corrected chi connectivity index (χ2v) is 15.9. The molecule has 0 fully saturated rings. The molecule has 71 heavy (non-hydrogen) atoms. The van der Waals surface area contributed by atoms with Crippen molar-refractivity contribution in [2.45, 2.75) is 114 Å². The summed E-state index contributed by atoms with van der Waals surface area (Å²) in [5.41, 5.74) is 32.3. The van der Waals surface area contributed by atoms with E-state index in [0.717, 1.165) is 6.92 Å². The maximum absolute atomic E-state index is 13.8. The van der Waals surface area contributed by atoms with E-state index in [-0.39, 0.29) is 62.9 Å². The molecule has 33 heteroatoms. The Labute approximate surface area is 411 Å². The van der Waals surface area contributed by atoms with Crippen molar-refractivity contribution in [2.24, 2.45) is 44.4 Å². The summed E-state index contributed by atoms with van der Waals surface area (Å²) in [4.78, 5) is 158. The van der Waals surface area contributed by atoms with Crippen molar-refractivity contribution in [2.75, 3.05) is 38.5 Å². The summed E-state index contributed by atoms with van der Waals surface area (Å²) in [6.45, 7) is 0.123. The molecule has 0 saturated heterocycles. The summed E-state index contributed by atoms with van der Waals surface area (Å²) in [5.74, 6) is -13.0. The SMILES string of the molecule is C[C@H](NC(=O)[C@H](CCC(N)=O)NC(=O)[C@H](CS)NC(=O)[C@H](CCCN=C(N)N)NC(=O)[C@H](CCCN=C(N)N)NC(=O)CNC(=O)CNC(=O)CNC(=O)[C@H](CCC(=O)O)NC(=O)[C@@H](N)[C@@H](C)O)C(=O)O. The lowest BCUT2D eigenvalue weighted by Gasteiger charge is -2.26. The molecule has 0 heterocycles. The highest BCUT2D eigenvalue weighted by Crippen LogP contribution is 2.07. The Morgan fingerprint density at radius 2 is 0.901 bits per heavy atom. The van der Waals surface area contributed by atoms with Crippen molar-refractivity contribution in [1.29, 1.82) is 0 Å². The molecule has 32 nitrogen and oxygen atoms in total. The number of hydrogen-bond donors (Lipinski definition) is 19. The fourth-order valence-corrected chi connectivity index (χ4v) is 5.79. The lowest BCUT2D eigenvalue weighted by molar-refractivity contribution is -0.142. The summed E-state index contributed by atoms with van der Waals surface area (Å²) >= 11 is 4.12. The number of nitrogens with two attached hydrogens (primary N) is 6.